The van der Waals surface area contributed by atoms with Crippen LogP contribution in [0.15, 0.2) is 14.3 Å². The van der Waals surface area contributed by atoms with Crippen molar-refractivity contribution < 1.29 is 9.59 Å². The molecule has 1 rings (SSSR count). The van der Waals surface area contributed by atoms with Gasteiger partial charge in [-0.2, -0.15) is 0 Å². The predicted octanol–water partition coefficient (Wildman–Crippen LogP) is 3.23. The first-order valence-corrected chi connectivity index (χ1v) is 7.07. The lowest BCUT2D eigenvalue weighted by molar-refractivity contribution is -0.120. The minimum Gasteiger partial charge on any atom is -0.344 e. The molecule has 3 nitrogen and oxygen atoms in total. The van der Waals surface area contributed by atoms with Crippen LogP contribution in [0, 0.1) is 5.92 Å². The second-order valence-electron chi connectivity index (χ2n) is 3.54. The van der Waals surface area contributed by atoms with Crippen molar-refractivity contribution in [3.8, 4) is 0 Å². The van der Waals surface area contributed by atoms with Crippen molar-refractivity contribution in [1.29, 1.82) is 0 Å². The van der Waals surface area contributed by atoms with Crippen LogP contribution in [0.4, 0.5) is 0 Å². The second-order valence-corrected chi connectivity index (χ2v) is 6.76. The number of carbonyl (C=O) groups excluding carboxylic acids is 2. The van der Waals surface area contributed by atoms with Gasteiger partial charge in [-0.05, 0) is 37.9 Å². The van der Waals surface area contributed by atoms with E-state index in [1.807, 2.05) is 13.8 Å². The summed E-state index contributed by atoms with van der Waals surface area (Å²) in [7, 11) is 0. The highest BCUT2D eigenvalue weighted by atomic mass is 79.9. The first kappa shape index (κ1) is 13.9. The molecule has 0 aliphatic rings. The topological polar surface area (TPSA) is 46.2 Å². The van der Waals surface area contributed by atoms with Crippen LogP contribution in [-0.2, 0) is 4.79 Å². The fourth-order valence-electron chi connectivity index (χ4n) is 0.917. The lowest BCUT2D eigenvalue weighted by Gasteiger charge is -2.04. The van der Waals surface area contributed by atoms with Crippen molar-refractivity contribution >= 4 is 54.9 Å². The van der Waals surface area contributed by atoms with Crippen LogP contribution in [0.3, 0.4) is 0 Å². The van der Waals surface area contributed by atoms with Crippen molar-refractivity contribution in [2.75, 3.05) is 6.54 Å². The van der Waals surface area contributed by atoms with Crippen molar-refractivity contribution in [3.05, 3.63) is 19.2 Å². The molecule has 1 heterocycles. The Hall–Kier alpha value is -0.200. The first-order chi connectivity index (χ1) is 7.41. The van der Waals surface area contributed by atoms with E-state index in [0.717, 1.165) is 8.26 Å². The van der Waals surface area contributed by atoms with Gasteiger partial charge in [-0.3, -0.25) is 9.59 Å². The number of ketones is 1. The molecule has 1 aromatic heterocycles. The van der Waals surface area contributed by atoms with Crippen LogP contribution in [0.2, 0.25) is 0 Å². The quantitative estimate of drug-likeness (QED) is 0.886. The third-order valence-corrected chi connectivity index (χ3v) is 5.19. The molecule has 1 aromatic rings. The van der Waals surface area contributed by atoms with Crippen LogP contribution in [0.1, 0.15) is 23.5 Å². The summed E-state index contributed by atoms with van der Waals surface area (Å²) in [5.41, 5.74) is 0. The summed E-state index contributed by atoms with van der Waals surface area (Å²) in [6.07, 6.45) is 0. The van der Waals surface area contributed by atoms with Crippen molar-refractivity contribution in [2.45, 2.75) is 13.8 Å². The van der Waals surface area contributed by atoms with Gasteiger partial charge in [-0.1, -0.05) is 13.8 Å². The molecular formula is C10H11Br2NO2S. The van der Waals surface area contributed by atoms with Crippen LogP contribution in [0.5, 0.6) is 0 Å². The number of Topliss-reactive ketones (excluding diaryl/α,β-unsaturated/α-hetero) is 1. The number of amides is 1. The predicted molar refractivity (Wildman–Crippen MR) is 71.9 cm³/mol. The SMILES string of the molecule is CC(C)C(=O)CNC(=O)c1cc(Br)c(Br)s1. The van der Waals surface area contributed by atoms with Crippen molar-refractivity contribution in [2.24, 2.45) is 5.92 Å². The largest absolute Gasteiger partial charge is 0.344 e. The standard InChI is InChI=1S/C10H11Br2NO2S/c1-5(2)7(14)4-13-10(15)8-3-6(11)9(12)16-8/h3,5H,4H2,1-2H3,(H,13,15). The Labute approximate surface area is 115 Å². The lowest BCUT2D eigenvalue weighted by Crippen LogP contribution is -2.31. The van der Waals surface area contributed by atoms with E-state index in [9.17, 15) is 9.59 Å². The molecule has 1 amide bonds. The van der Waals surface area contributed by atoms with Crippen LogP contribution in [-0.4, -0.2) is 18.2 Å². The number of rotatable bonds is 4. The lowest BCUT2D eigenvalue weighted by atomic mass is 10.1. The number of thiophene rings is 1. The number of carbonyl (C=O) groups is 2. The Morgan fingerprint density at radius 1 is 1.44 bits per heavy atom. The number of halogens is 2. The van der Waals surface area contributed by atoms with E-state index < -0.39 is 0 Å². The molecule has 0 bridgehead atoms. The average molecular weight is 369 g/mol. The number of hydrogen-bond donors (Lipinski definition) is 1. The molecule has 88 valence electrons. The minimum atomic E-state index is -0.217. The van der Waals surface area contributed by atoms with Gasteiger partial charge in [-0.15, -0.1) is 11.3 Å². The van der Waals surface area contributed by atoms with Gasteiger partial charge in [0, 0.05) is 10.4 Å². The van der Waals surface area contributed by atoms with Gasteiger partial charge in [0.2, 0.25) is 0 Å². The molecule has 0 saturated heterocycles. The van der Waals surface area contributed by atoms with E-state index in [2.05, 4.69) is 37.2 Å². The summed E-state index contributed by atoms with van der Waals surface area (Å²) in [5.74, 6) is -0.240. The summed E-state index contributed by atoms with van der Waals surface area (Å²) >= 11 is 7.95. The van der Waals surface area contributed by atoms with Gasteiger partial charge >= 0.3 is 0 Å². The minimum absolute atomic E-state index is 0.0306. The fourth-order valence-corrected chi connectivity index (χ4v) is 2.87. The highest BCUT2D eigenvalue weighted by Crippen LogP contribution is 2.32. The van der Waals surface area contributed by atoms with E-state index in [4.69, 9.17) is 0 Å². The third kappa shape index (κ3) is 3.68. The summed E-state index contributed by atoms with van der Waals surface area (Å²) < 4.78 is 1.71. The van der Waals surface area contributed by atoms with Gasteiger partial charge in [-0.25, -0.2) is 0 Å². The number of nitrogens with one attached hydrogen (secondary N) is 1. The first-order valence-electron chi connectivity index (χ1n) is 4.67. The van der Waals surface area contributed by atoms with E-state index in [0.29, 0.717) is 4.88 Å². The highest BCUT2D eigenvalue weighted by molar-refractivity contribution is 9.13. The monoisotopic (exact) mass is 367 g/mol. The van der Waals surface area contributed by atoms with Gasteiger partial charge in [0.1, 0.15) is 0 Å². The molecule has 0 aliphatic heterocycles. The van der Waals surface area contributed by atoms with E-state index >= 15 is 0 Å². The Bertz CT molecular complexity index is 395. The maximum Gasteiger partial charge on any atom is 0.261 e. The smallest absolute Gasteiger partial charge is 0.261 e. The molecule has 0 radical (unpaired) electrons. The van der Waals surface area contributed by atoms with Crippen molar-refractivity contribution in [1.82, 2.24) is 5.32 Å². The maximum absolute atomic E-state index is 11.6. The van der Waals surface area contributed by atoms with Gasteiger partial charge < -0.3 is 5.32 Å². The summed E-state index contributed by atoms with van der Waals surface area (Å²) in [4.78, 5) is 23.5. The van der Waals surface area contributed by atoms with Crippen LogP contribution in [0.25, 0.3) is 0 Å². The summed E-state index contributed by atoms with van der Waals surface area (Å²) in [5, 5.41) is 2.60. The Morgan fingerprint density at radius 2 is 2.06 bits per heavy atom. The zero-order valence-corrected chi connectivity index (χ0v) is 12.8. The Kier molecular flexibility index (Phi) is 5.14. The summed E-state index contributed by atoms with van der Waals surface area (Å²) in [6.45, 7) is 3.71. The van der Waals surface area contributed by atoms with Gasteiger partial charge in [0.15, 0.2) is 5.78 Å². The normalized spacial score (nSPS) is 10.6. The second kappa shape index (κ2) is 5.93. The molecule has 0 atom stereocenters. The van der Waals surface area contributed by atoms with Crippen LogP contribution >= 0.6 is 43.2 Å². The number of hydrogen-bond acceptors (Lipinski definition) is 3. The van der Waals surface area contributed by atoms with Gasteiger partial charge in [0.25, 0.3) is 5.91 Å². The van der Waals surface area contributed by atoms with E-state index in [1.165, 1.54) is 11.3 Å². The van der Waals surface area contributed by atoms with E-state index in [1.54, 1.807) is 6.07 Å². The molecule has 0 unspecified atom stereocenters. The highest BCUT2D eigenvalue weighted by Gasteiger charge is 2.14. The fraction of sp³-hybridized carbons (Fsp3) is 0.400. The van der Waals surface area contributed by atoms with Crippen LogP contribution < -0.4 is 5.32 Å². The zero-order chi connectivity index (χ0) is 12.3. The molecule has 0 fully saturated rings. The van der Waals surface area contributed by atoms with Gasteiger partial charge in [0.05, 0.1) is 15.2 Å². The van der Waals surface area contributed by atoms with Crippen molar-refractivity contribution in [3.63, 3.8) is 0 Å². The Balaban J connectivity index is 2.56. The molecule has 0 aliphatic carbocycles. The molecule has 6 heteroatoms. The Morgan fingerprint density at radius 3 is 2.50 bits per heavy atom. The zero-order valence-electron chi connectivity index (χ0n) is 8.84. The third-order valence-electron chi connectivity index (χ3n) is 1.94. The maximum atomic E-state index is 11.6. The van der Waals surface area contributed by atoms with E-state index in [-0.39, 0.29) is 24.2 Å². The molecule has 16 heavy (non-hydrogen) atoms. The molecular weight excluding hydrogens is 358 g/mol. The molecule has 0 saturated carbocycles. The molecule has 0 aromatic carbocycles. The summed E-state index contributed by atoms with van der Waals surface area (Å²) in [6, 6.07) is 1.73. The molecule has 1 N–H and O–H groups in total. The average Bonchev–Trinajstić information content (AvgIpc) is 2.55. The molecule has 0 spiro atoms.